The van der Waals surface area contributed by atoms with Crippen molar-refractivity contribution in [2.24, 2.45) is 0 Å². The average Bonchev–Trinajstić information content (AvgIpc) is 2.59. The van der Waals surface area contributed by atoms with E-state index in [-0.39, 0.29) is 16.9 Å². The second-order valence-corrected chi connectivity index (χ2v) is 5.46. The van der Waals surface area contributed by atoms with Crippen molar-refractivity contribution >= 4 is 11.5 Å². The number of phenols is 1. The molecular formula is C19H16N2O3. The van der Waals surface area contributed by atoms with Gasteiger partial charge in [0, 0.05) is 18.5 Å². The van der Waals surface area contributed by atoms with Crippen molar-refractivity contribution < 1.29 is 9.90 Å². The van der Waals surface area contributed by atoms with E-state index in [0.29, 0.717) is 0 Å². The molecule has 0 unspecified atom stereocenters. The van der Waals surface area contributed by atoms with Gasteiger partial charge in [-0.05, 0) is 31.2 Å². The lowest BCUT2D eigenvalue weighted by molar-refractivity contribution is 0.103. The van der Waals surface area contributed by atoms with E-state index >= 15 is 0 Å². The first-order chi connectivity index (χ1) is 11.5. The molecule has 0 spiro atoms. The first-order valence-electron chi connectivity index (χ1n) is 7.43. The summed E-state index contributed by atoms with van der Waals surface area (Å²) in [5.74, 6) is -0.651. The number of aryl methyl sites for hydroxylation is 1. The van der Waals surface area contributed by atoms with Crippen molar-refractivity contribution in [3.8, 4) is 5.75 Å². The molecule has 1 heterocycles. The van der Waals surface area contributed by atoms with Crippen LogP contribution in [0.5, 0.6) is 5.75 Å². The third-order valence-corrected chi connectivity index (χ3v) is 3.59. The zero-order valence-electron chi connectivity index (χ0n) is 13.1. The number of rotatable bonds is 4. The van der Waals surface area contributed by atoms with Crippen LogP contribution in [0.3, 0.4) is 0 Å². The van der Waals surface area contributed by atoms with Crippen molar-refractivity contribution in [1.82, 2.24) is 4.68 Å². The number of nitrogens with one attached hydrogen (secondary N) is 1. The highest BCUT2D eigenvalue weighted by Gasteiger charge is 2.17. The molecule has 0 aliphatic carbocycles. The largest absolute Gasteiger partial charge is 0.507 e. The molecule has 0 fully saturated rings. The third kappa shape index (κ3) is 3.20. The number of benzene rings is 2. The van der Waals surface area contributed by atoms with Crippen LogP contribution < -0.4 is 10.9 Å². The number of phenolic OH excluding ortho intramolecular Hbond substituents is 1. The van der Waals surface area contributed by atoms with Gasteiger partial charge in [0.15, 0.2) is 5.43 Å². The van der Waals surface area contributed by atoms with Gasteiger partial charge in [-0.15, -0.1) is 0 Å². The second-order valence-electron chi connectivity index (χ2n) is 5.46. The molecule has 5 nitrogen and oxygen atoms in total. The van der Waals surface area contributed by atoms with Crippen molar-refractivity contribution in [2.75, 3.05) is 5.43 Å². The maximum absolute atomic E-state index is 12.6. The van der Waals surface area contributed by atoms with Crippen LogP contribution in [-0.4, -0.2) is 15.6 Å². The highest BCUT2D eigenvalue weighted by Crippen LogP contribution is 2.20. The normalized spacial score (nSPS) is 10.4. The van der Waals surface area contributed by atoms with Crippen molar-refractivity contribution in [3.63, 3.8) is 0 Å². The molecule has 24 heavy (non-hydrogen) atoms. The molecule has 1 aromatic heterocycles. The van der Waals surface area contributed by atoms with Gasteiger partial charge in [0.2, 0.25) is 5.78 Å². The van der Waals surface area contributed by atoms with E-state index < -0.39 is 11.2 Å². The van der Waals surface area contributed by atoms with E-state index in [0.717, 1.165) is 11.3 Å². The maximum atomic E-state index is 12.6. The topological polar surface area (TPSA) is 71.3 Å². The van der Waals surface area contributed by atoms with Gasteiger partial charge in [-0.3, -0.25) is 19.7 Å². The Morgan fingerprint density at radius 2 is 1.79 bits per heavy atom. The minimum absolute atomic E-state index is 0.0122. The Kier molecular flexibility index (Phi) is 4.16. The number of pyridine rings is 1. The van der Waals surface area contributed by atoms with Gasteiger partial charge in [-0.25, -0.2) is 0 Å². The number of para-hydroxylation sites is 1. The molecule has 5 heteroatoms. The van der Waals surface area contributed by atoms with Gasteiger partial charge in [0.25, 0.3) is 0 Å². The Labute approximate surface area is 138 Å². The van der Waals surface area contributed by atoms with E-state index in [1.165, 1.54) is 23.0 Å². The van der Waals surface area contributed by atoms with E-state index in [2.05, 4.69) is 5.43 Å². The lowest BCUT2D eigenvalue weighted by atomic mass is 10.0. The van der Waals surface area contributed by atoms with Crippen LogP contribution in [0.4, 0.5) is 5.69 Å². The Morgan fingerprint density at radius 3 is 2.54 bits per heavy atom. The lowest BCUT2D eigenvalue weighted by Gasteiger charge is -2.11. The number of anilines is 1. The van der Waals surface area contributed by atoms with Gasteiger partial charge in [0.05, 0.1) is 16.8 Å². The smallest absolute Gasteiger partial charge is 0.202 e. The number of hydrogen-bond acceptors (Lipinski definition) is 4. The summed E-state index contributed by atoms with van der Waals surface area (Å²) < 4.78 is 1.54. The van der Waals surface area contributed by atoms with Crippen LogP contribution in [0.2, 0.25) is 0 Å². The molecule has 0 saturated carbocycles. The zero-order valence-corrected chi connectivity index (χ0v) is 13.1. The van der Waals surface area contributed by atoms with E-state index in [9.17, 15) is 14.7 Å². The van der Waals surface area contributed by atoms with Crippen LogP contribution in [0, 0.1) is 6.92 Å². The molecule has 0 atom stereocenters. The van der Waals surface area contributed by atoms with E-state index in [1.807, 2.05) is 37.3 Å². The number of carbonyl (C=O) groups excluding carboxylic acids is 1. The molecule has 3 aromatic rings. The molecule has 0 bridgehead atoms. The van der Waals surface area contributed by atoms with Crippen LogP contribution in [-0.2, 0) is 0 Å². The fourth-order valence-corrected chi connectivity index (χ4v) is 2.36. The first-order valence-corrected chi connectivity index (χ1v) is 7.43. The molecule has 0 saturated heterocycles. The third-order valence-electron chi connectivity index (χ3n) is 3.59. The van der Waals surface area contributed by atoms with Crippen molar-refractivity contribution in [3.05, 3.63) is 93.9 Å². The summed E-state index contributed by atoms with van der Waals surface area (Å²) in [7, 11) is 0. The summed E-state index contributed by atoms with van der Waals surface area (Å²) in [6.07, 6.45) is 2.97. The average molecular weight is 320 g/mol. The van der Waals surface area contributed by atoms with Crippen molar-refractivity contribution in [1.29, 1.82) is 0 Å². The van der Waals surface area contributed by atoms with Gasteiger partial charge in [-0.2, -0.15) is 0 Å². The van der Waals surface area contributed by atoms with Crippen LogP contribution >= 0.6 is 0 Å². The van der Waals surface area contributed by atoms with Crippen LogP contribution in [0.25, 0.3) is 0 Å². The second kappa shape index (κ2) is 6.42. The van der Waals surface area contributed by atoms with Gasteiger partial charge >= 0.3 is 0 Å². The van der Waals surface area contributed by atoms with Crippen LogP contribution in [0.15, 0.2) is 71.8 Å². The Hall–Kier alpha value is -3.34. The summed E-state index contributed by atoms with van der Waals surface area (Å²) >= 11 is 0. The van der Waals surface area contributed by atoms with Gasteiger partial charge < -0.3 is 5.11 Å². The molecular weight excluding hydrogens is 304 g/mol. The van der Waals surface area contributed by atoms with Gasteiger partial charge in [0.1, 0.15) is 5.75 Å². The number of ketones is 1. The Bertz CT molecular complexity index is 946. The minimum Gasteiger partial charge on any atom is -0.507 e. The monoisotopic (exact) mass is 320 g/mol. The molecule has 0 aliphatic heterocycles. The quantitative estimate of drug-likeness (QED) is 0.725. The molecule has 3 rings (SSSR count). The van der Waals surface area contributed by atoms with E-state index in [1.54, 1.807) is 18.3 Å². The molecule has 0 amide bonds. The standard InChI is InChI=1S/C19H16N2O3/c1-13-7-8-17(22)15(11-13)19(24)16-12-21(10-9-18(16)23)20-14-5-3-2-4-6-14/h2-12,20,22H,1H3. The Balaban J connectivity index is 1.98. The summed E-state index contributed by atoms with van der Waals surface area (Å²) in [5, 5.41) is 9.92. The van der Waals surface area contributed by atoms with E-state index in [4.69, 9.17) is 0 Å². The number of aromatic nitrogens is 1. The Morgan fingerprint density at radius 1 is 1.04 bits per heavy atom. The maximum Gasteiger partial charge on any atom is 0.202 e. The predicted octanol–water partition coefficient (Wildman–Crippen LogP) is 2.97. The van der Waals surface area contributed by atoms with Crippen molar-refractivity contribution in [2.45, 2.75) is 6.92 Å². The van der Waals surface area contributed by atoms with Gasteiger partial charge in [-0.1, -0.05) is 29.8 Å². The number of nitrogens with zero attached hydrogens (tertiary/aromatic N) is 1. The highest BCUT2D eigenvalue weighted by molar-refractivity contribution is 6.10. The number of carbonyl (C=O) groups is 1. The fourth-order valence-electron chi connectivity index (χ4n) is 2.36. The molecule has 2 aromatic carbocycles. The molecule has 0 aliphatic rings. The molecule has 0 radical (unpaired) electrons. The summed E-state index contributed by atoms with van der Waals surface area (Å²) in [4.78, 5) is 24.7. The fraction of sp³-hybridized carbons (Fsp3) is 0.0526. The lowest BCUT2D eigenvalue weighted by Crippen LogP contribution is -2.20. The highest BCUT2D eigenvalue weighted by atomic mass is 16.3. The minimum atomic E-state index is -0.509. The number of hydrogen-bond donors (Lipinski definition) is 2. The summed E-state index contributed by atoms with van der Waals surface area (Å²) in [6.45, 7) is 1.82. The first kappa shape index (κ1) is 15.6. The zero-order chi connectivity index (χ0) is 17.1. The van der Waals surface area contributed by atoms with Crippen LogP contribution in [0.1, 0.15) is 21.5 Å². The summed E-state index contributed by atoms with van der Waals surface area (Å²) in [6, 6.07) is 15.4. The molecule has 2 N–H and O–H groups in total. The molecule has 120 valence electrons. The SMILES string of the molecule is Cc1ccc(O)c(C(=O)c2cn(Nc3ccccc3)ccc2=O)c1. The predicted molar refractivity (Wildman–Crippen MR) is 92.4 cm³/mol. The summed E-state index contributed by atoms with van der Waals surface area (Å²) in [5.41, 5.74) is 4.42. The number of aromatic hydroxyl groups is 1.